The molecule has 0 atom stereocenters. The van der Waals surface area contributed by atoms with Gasteiger partial charge in [0, 0.05) is 45.6 Å². The van der Waals surface area contributed by atoms with E-state index in [1.165, 1.54) is 60.6 Å². The van der Waals surface area contributed by atoms with Crippen molar-refractivity contribution in [3.63, 3.8) is 0 Å². The van der Waals surface area contributed by atoms with Gasteiger partial charge in [0.2, 0.25) is 0 Å². The normalized spacial score (nSPS) is 13.5. The second kappa shape index (κ2) is 10.7. The summed E-state index contributed by atoms with van der Waals surface area (Å²) in [5.74, 6) is 0. The highest BCUT2D eigenvalue weighted by Crippen LogP contribution is 2.43. The lowest BCUT2D eigenvalue weighted by Crippen LogP contribution is -2.27. The predicted octanol–water partition coefficient (Wildman–Crippen LogP) is 9.20. The summed E-state index contributed by atoms with van der Waals surface area (Å²) >= 11 is 0. The van der Waals surface area contributed by atoms with Crippen LogP contribution >= 0.6 is 0 Å². The molecule has 0 aromatic heterocycles. The maximum Gasteiger partial charge on any atom is 0.0992 e. The van der Waals surface area contributed by atoms with Crippen LogP contribution in [0.3, 0.4) is 0 Å². The van der Waals surface area contributed by atoms with Crippen LogP contribution in [0.1, 0.15) is 37.0 Å². The summed E-state index contributed by atoms with van der Waals surface area (Å²) in [6.45, 7) is 4.93. The fraction of sp³-hybridized carbons (Fsp3) is 0.154. The highest BCUT2D eigenvalue weighted by molar-refractivity contribution is 6.17. The lowest BCUT2D eigenvalue weighted by molar-refractivity contribution is 0.973. The molecular formula is C39H33N3. The van der Waals surface area contributed by atoms with Gasteiger partial charge in [0.1, 0.15) is 0 Å². The van der Waals surface area contributed by atoms with Crippen molar-refractivity contribution in [2.75, 3.05) is 16.3 Å². The first kappa shape index (κ1) is 25.9. The van der Waals surface area contributed by atoms with Crippen LogP contribution in [-0.4, -0.2) is 6.54 Å². The Bertz CT molecular complexity index is 1980. The topological polar surface area (TPSA) is 30.3 Å². The molecule has 0 unspecified atom stereocenters. The Morgan fingerprint density at radius 3 is 2.05 bits per heavy atom. The largest absolute Gasteiger partial charge is 0.340 e. The Morgan fingerprint density at radius 2 is 1.33 bits per heavy atom. The number of rotatable bonds is 4. The average Bonchev–Trinajstić information content (AvgIpc) is 3.49. The number of para-hydroxylation sites is 2. The van der Waals surface area contributed by atoms with Gasteiger partial charge >= 0.3 is 0 Å². The van der Waals surface area contributed by atoms with Crippen LogP contribution in [0.2, 0.25) is 0 Å². The lowest BCUT2D eigenvalue weighted by Gasteiger charge is -2.31. The van der Waals surface area contributed by atoms with Gasteiger partial charge in [-0.1, -0.05) is 86.6 Å². The molecule has 2 aliphatic rings. The van der Waals surface area contributed by atoms with Crippen molar-refractivity contribution in [3.8, 4) is 6.07 Å². The summed E-state index contributed by atoms with van der Waals surface area (Å²) in [7, 11) is 0. The zero-order chi connectivity index (χ0) is 28.6. The number of anilines is 4. The summed E-state index contributed by atoms with van der Waals surface area (Å²) in [6, 6.07) is 43.7. The monoisotopic (exact) mass is 543 g/mol. The van der Waals surface area contributed by atoms with E-state index in [1.54, 1.807) is 0 Å². The minimum absolute atomic E-state index is 0.713. The summed E-state index contributed by atoms with van der Waals surface area (Å²) in [6.07, 6.45) is 2.98. The summed E-state index contributed by atoms with van der Waals surface area (Å²) in [4.78, 5) is 4.85. The Hall–Kier alpha value is -5.07. The van der Waals surface area contributed by atoms with Gasteiger partial charge in [-0.2, -0.15) is 5.26 Å². The molecule has 0 fully saturated rings. The van der Waals surface area contributed by atoms with E-state index < -0.39 is 0 Å². The van der Waals surface area contributed by atoms with E-state index in [2.05, 4.69) is 119 Å². The maximum atomic E-state index is 9.55. The average molecular weight is 544 g/mol. The molecule has 204 valence electrons. The van der Waals surface area contributed by atoms with Gasteiger partial charge in [0.05, 0.1) is 11.6 Å². The Labute approximate surface area is 247 Å². The van der Waals surface area contributed by atoms with Crippen LogP contribution in [0.5, 0.6) is 0 Å². The van der Waals surface area contributed by atoms with Crippen LogP contribution < -0.4 is 15.0 Å². The number of fused-ring (bicyclic) bond motifs is 1. The van der Waals surface area contributed by atoms with Crippen LogP contribution in [0, 0.1) is 11.3 Å². The van der Waals surface area contributed by atoms with E-state index in [-0.39, 0.29) is 0 Å². The number of nitrogens with zero attached hydrogens (tertiary/aromatic N) is 3. The number of hydrogen-bond acceptors (Lipinski definition) is 3. The third kappa shape index (κ3) is 4.11. The first-order valence-corrected chi connectivity index (χ1v) is 15.0. The molecule has 0 saturated carbocycles. The van der Waals surface area contributed by atoms with Gasteiger partial charge in [-0.3, -0.25) is 0 Å². The van der Waals surface area contributed by atoms with Crippen LogP contribution in [0.4, 0.5) is 22.7 Å². The van der Waals surface area contributed by atoms with E-state index in [9.17, 15) is 5.26 Å². The number of benzene rings is 6. The minimum Gasteiger partial charge on any atom is -0.340 e. The molecule has 3 heteroatoms. The van der Waals surface area contributed by atoms with Crippen molar-refractivity contribution in [1.82, 2.24) is 0 Å². The van der Waals surface area contributed by atoms with Crippen LogP contribution in [-0.2, 0) is 12.8 Å². The molecule has 0 saturated heterocycles. The third-order valence-corrected chi connectivity index (χ3v) is 8.62. The first-order valence-electron chi connectivity index (χ1n) is 15.0. The molecule has 3 nitrogen and oxygen atoms in total. The second-order valence-corrected chi connectivity index (χ2v) is 10.8. The van der Waals surface area contributed by atoms with Gasteiger partial charge in [-0.25, -0.2) is 0 Å². The van der Waals surface area contributed by atoms with Gasteiger partial charge in [0.15, 0.2) is 0 Å². The molecule has 0 spiro atoms. The lowest BCUT2D eigenvalue weighted by atomic mass is 9.87. The van der Waals surface area contributed by atoms with Crippen molar-refractivity contribution in [3.05, 3.63) is 137 Å². The molecule has 1 aliphatic carbocycles. The minimum atomic E-state index is 0.713. The molecule has 0 radical (unpaired) electrons. The third-order valence-electron chi connectivity index (χ3n) is 8.62. The van der Waals surface area contributed by atoms with E-state index in [0.29, 0.717) is 5.56 Å². The smallest absolute Gasteiger partial charge is 0.0992 e. The van der Waals surface area contributed by atoms with Gasteiger partial charge in [0.25, 0.3) is 0 Å². The van der Waals surface area contributed by atoms with Crippen molar-refractivity contribution >= 4 is 50.0 Å². The fourth-order valence-corrected chi connectivity index (χ4v) is 6.82. The van der Waals surface area contributed by atoms with E-state index in [1.807, 2.05) is 26.0 Å². The van der Waals surface area contributed by atoms with Gasteiger partial charge < -0.3 is 9.80 Å². The zero-order valence-corrected chi connectivity index (χ0v) is 24.1. The van der Waals surface area contributed by atoms with Crippen LogP contribution in [0.15, 0.2) is 115 Å². The Balaban J connectivity index is 0.00000141. The predicted molar refractivity (Wildman–Crippen MR) is 177 cm³/mol. The molecule has 1 heterocycles. The fourth-order valence-electron chi connectivity index (χ4n) is 6.82. The van der Waals surface area contributed by atoms with Gasteiger partial charge in [-0.05, 0) is 89.0 Å². The van der Waals surface area contributed by atoms with E-state index in [0.717, 1.165) is 31.5 Å². The molecule has 6 aromatic rings. The highest BCUT2D eigenvalue weighted by Gasteiger charge is 2.26. The van der Waals surface area contributed by atoms with E-state index >= 15 is 0 Å². The summed E-state index contributed by atoms with van der Waals surface area (Å²) < 4.78 is 0. The van der Waals surface area contributed by atoms with Crippen molar-refractivity contribution in [2.24, 2.45) is 0 Å². The molecule has 0 bridgehead atoms. The number of nitriles is 1. The quantitative estimate of drug-likeness (QED) is 0.222. The van der Waals surface area contributed by atoms with Gasteiger partial charge in [-0.15, -0.1) is 0 Å². The number of aryl methyl sites for hydroxylation is 1. The molecule has 8 rings (SSSR count). The van der Waals surface area contributed by atoms with Crippen molar-refractivity contribution in [1.29, 1.82) is 5.26 Å². The number of hydrogen-bond donors (Lipinski definition) is 0. The first-order chi connectivity index (χ1) is 20.8. The van der Waals surface area contributed by atoms with Crippen molar-refractivity contribution in [2.45, 2.75) is 33.1 Å². The summed E-state index contributed by atoms with van der Waals surface area (Å²) in [5.41, 5.74) is 9.53. The highest BCUT2D eigenvalue weighted by atomic mass is 15.2. The van der Waals surface area contributed by atoms with Crippen LogP contribution in [0.25, 0.3) is 27.2 Å². The molecule has 1 aliphatic heterocycles. The molecule has 6 aromatic carbocycles. The second-order valence-electron chi connectivity index (χ2n) is 10.8. The molecular weight excluding hydrogens is 510 g/mol. The Kier molecular flexibility index (Phi) is 6.61. The van der Waals surface area contributed by atoms with E-state index in [4.69, 9.17) is 0 Å². The standard InChI is InChI=1S/C37H27N3.C2H6/c38-24-25-11-12-26-21-22-39(35(26)23-25)33-19-15-27-14-18-32-34(20-16-28-13-17-31(33)36(27)37(28)32)40(29-7-3-1-4-8-29)30-9-5-2-6-10-30;1-2/h1-15,17-19,23H,16,20-22H2;1-2H3. The zero-order valence-electron chi connectivity index (χ0n) is 24.1. The van der Waals surface area contributed by atoms with Crippen molar-refractivity contribution < 1.29 is 0 Å². The maximum absolute atomic E-state index is 9.55. The molecule has 0 N–H and O–H groups in total. The SMILES string of the molecule is CC.N#Cc1ccc2c(c1)N(c1ccc3ccc4c5c(ccc1c35)CCC=4N(c1ccccc1)c1ccccc1)CC2. The molecule has 0 amide bonds. The molecule has 42 heavy (non-hydrogen) atoms. The summed E-state index contributed by atoms with van der Waals surface area (Å²) in [5, 5.41) is 16.1. The Morgan fingerprint density at radius 1 is 0.643 bits per heavy atom.